The van der Waals surface area contributed by atoms with Crippen LogP contribution in [0.2, 0.25) is 0 Å². The third-order valence-corrected chi connectivity index (χ3v) is 3.72. The number of anilines is 2. The van der Waals surface area contributed by atoms with Crippen LogP contribution in [0.3, 0.4) is 0 Å². The highest BCUT2D eigenvalue weighted by Crippen LogP contribution is 2.29. The van der Waals surface area contributed by atoms with Crippen LogP contribution in [0.25, 0.3) is 0 Å². The van der Waals surface area contributed by atoms with E-state index in [1.807, 2.05) is 43.3 Å². The fraction of sp³-hybridized carbons (Fsp3) is 0.222. The smallest absolute Gasteiger partial charge is 0.262 e. The van der Waals surface area contributed by atoms with E-state index in [9.17, 15) is 9.59 Å². The number of benzene rings is 2. The molecule has 2 aromatic rings. The number of nitrogens with zero attached hydrogens (tertiary/aromatic N) is 1. The standard InChI is InChI=1S/C18H18N2O3/c1-2-20(14-6-4-3-5-7-14)18(22)11-13-8-9-16-15(10-13)19-17(21)12-23-16/h3-10H,2,11-12H2,1H3,(H,19,21). The molecule has 0 atom stereocenters. The van der Waals surface area contributed by atoms with Crippen LogP contribution < -0.4 is 15.0 Å². The highest BCUT2D eigenvalue weighted by Gasteiger charge is 2.18. The van der Waals surface area contributed by atoms with Crippen LogP contribution >= 0.6 is 0 Å². The Hall–Kier alpha value is -2.82. The van der Waals surface area contributed by atoms with Gasteiger partial charge in [0.05, 0.1) is 12.1 Å². The second-order valence-electron chi connectivity index (χ2n) is 5.32. The van der Waals surface area contributed by atoms with E-state index in [0.29, 0.717) is 18.0 Å². The zero-order valence-electron chi connectivity index (χ0n) is 12.9. The van der Waals surface area contributed by atoms with Crippen molar-refractivity contribution in [1.82, 2.24) is 0 Å². The maximum Gasteiger partial charge on any atom is 0.262 e. The van der Waals surface area contributed by atoms with Gasteiger partial charge in [-0.15, -0.1) is 0 Å². The first-order valence-corrected chi connectivity index (χ1v) is 7.58. The number of hydrogen-bond donors (Lipinski definition) is 1. The number of fused-ring (bicyclic) bond motifs is 1. The summed E-state index contributed by atoms with van der Waals surface area (Å²) in [6, 6.07) is 15.0. The molecular formula is C18H18N2O3. The first-order valence-electron chi connectivity index (χ1n) is 7.58. The van der Waals surface area contributed by atoms with Gasteiger partial charge in [0.15, 0.2) is 6.61 Å². The van der Waals surface area contributed by atoms with Gasteiger partial charge in [-0.25, -0.2) is 0 Å². The van der Waals surface area contributed by atoms with Crippen LogP contribution in [0.1, 0.15) is 12.5 Å². The first kappa shape index (κ1) is 15.1. The molecule has 1 aliphatic heterocycles. The van der Waals surface area contributed by atoms with Crippen LogP contribution in [0.15, 0.2) is 48.5 Å². The van der Waals surface area contributed by atoms with Gasteiger partial charge in [0.25, 0.3) is 5.91 Å². The minimum absolute atomic E-state index is 0.0155. The predicted octanol–water partition coefficient (Wildman–Crippen LogP) is 2.61. The lowest BCUT2D eigenvalue weighted by molar-refractivity contribution is -0.119. The lowest BCUT2D eigenvalue weighted by Gasteiger charge is -2.22. The fourth-order valence-corrected chi connectivity index (χ4v) is 2.62. The first-order chi connectivity index (χ1) is 11.2. The molecule has 1 aliphatic rings. The predicted molar refractivity (Wildman–Crippen MR) is 88.7 cm³/mol. The van der Waals surface area contributed by atoms with E-state index in [0.717, 1.165) is 11.3 Å². The lowest BCUT2D eigenvalue weighted by Crippen LogP contribution is -2.32. The molecule has 0 aromatic heterocycles. The van der Waals surface area contributed by atoms with Gasteiger partial charge >= 0.3 is 0 Å². The van der Waals surface area contributed by atoms with Gasteiger partial charge < -0.3 is 15.0 Å². The second kappa shape index (κ2) is 6.52. The highest BCUT2D eigenvalue weighted by atomic mass is 16.5. The average Bonchev–Trinajstić information content (AvgIpc) is 2.56. The maximum absolute atomic E-state index is 12.6. The largest absolute Gasteiger partial charge is 0.482 e. The summed E-state index contributed by atoms with van der Waals surface area (Å²) in [4.78, 5) is 25.7. The van der Waals surface area contributed by atoms with Crippen molar-refractivity contribution >= 4 is 23.2 Å². The molecule has 0 aliphatic carbocycles. The number of para-hydroxylation sites is 1. The van der Waals surface area contributed by atoms with Crippen LogP contribution in [0, 0.1) is 0 Å². The van der Waals surface area contributed by atoms with Gasteiger partial charge in [-0.2, -0.15) is 0 Å². The summed E-state index contributed by atoms with van der Waals surface area (Å²) in [5, 5.41) is 2.76. The zero-order valence-corrected chi connectivity index (χ0v) is 12.9. The van der Waals surface area contributed by atoms with Crippen LogP contribution in [-0.4, -0.2) is 25.0 Å². The van der Waals surface area contributed by atoms with E-state index in [4.69, 9.17) is 4.74 Å². The number of likely N-dealkylation sites (N-methyl/N-ethyl adjacent to an activating group) is 1. The van der Waals surface area contributed by atoms with Crippen molar-refractivity contribution in [2.24, 2.45) is 0 Å². The normalized spacial score (nSPS) is 12.8. The fourth-order valence-electron chi connectivity index (χ4n) is 2.62. The molecule has 3 rings (SSSR count). The van der Waals surface area contributed by atoms with Gasteiger partial charge in [0, 0.05) is 12.2 Å². The number of amides is 2. The molecule has 0 radical (unpaired) electrons. The Morgan fingerprint density at radius 3 is 2.74 bits per heavy atom. The van der Waals surface area contributed by atoms with Gasteiger partial charge in [0.1, 0.15) is 5.75 Å². The molecule has 5 heteroatoms. The Kier molecular flexibility index (Phi) is 4.28. The summed E-state index contributed by atoms with van der Waals surface area (Å²) >= 11 is 0. The minimum Gasteiger partial charge on any atom is -0.482 e. The third kappa shape index (κ3) is 3.34. The van der Waals surface area contributed by atoms with E-state index in [1.165, 1.54) is 0 Å². The highest BCUT2D eigenvalue weighted by molar-refractivity contribution is 5.97. The summed E-state index contributed by atoms with van der Waals surface area (Å²) in [7, 11) is 0. The van der Waals surface area contributed by atoms with E-state index < -0.39 is 0 Å². The molecule has 1 N–H and O–H groups in total. The molecule has 1 heterocycles. The monoisotopic (exact) mass is 310 g/mol. The van der Waals surface area contributed by atoms with Crippen LogP contribution in [0.4, 0.5) is 11.4 Å². The van der Waals surface area contributed by atoms with Crippen molar-refractivity contribution < 1.29 is 14.3 Å². The summed E-state index contributed by atoms with van der Waals surface area (Å²) in [6.45, 7) is 2.59. The SMILES string of the molecule is CCN(C(=O)Cc1ccc2c(c1)NC(=O)CO2)c1ccccc1. The molecule has 23 heavy (non-hydrogen) atoms. The quantitative estimate of drug-likeness (QED) is 0.944. The second-order valence-corrected chi connectivity index (χ2v) is 5.32. The average molecular weight is 310 g/mol. The maximum atomic E-state index is 12.6. The number of ether oxygens (including phenoxy) is 1. The van der Waals surface area contributed by atoms with E-state index in [1.54, 1.807) is 17.0 Å². The molecule has 0 bridgehead atoms. The molecule has 2 amide bonds. The topological polar surface area (TPSA) is 58.6 Å². The van der Waals surface area contributed by atoms with E-state index >= 15 is 0 Å². The lowest BCUT2D eigenvalue weighted by atomic mass is 10.1. The van der Waals surface area contributed by atoms with Gasteiger partial charge in [-0.05, 0) is 36.8 Å². The molecule has 0 unspecified atom stereocenters. The molecule has 0 saturated carbocycles. The number of hydrogen-bond acceptors (Lipinski definition) is 3. The Balaban J connectivity index is 1.77. The molecule has 0 fully saturated rings. The van der Waals surface area contributed by atoms with Crippen molar-refractivity contribution in [2.45, 2.75) is 13.3 Å². The summed E-state index contributed by atoms with van der Waals surface area (Å²) in [6.07, 6.45) is 0.270. The molecule has 0 saturated heterocycles. The van der Waals surface area contributed by atoms with Crippen LogP contribution in [-0.2, 0) is 16.0 Å². The molecule has 2 aromatic carbocycles. The van der Waals surface area contributed by atoms with Gasteiger partial charge in [-0.3, -0.25) is 9.59 Å². The summed E-state index contributed by atoms with van der Waals surface area (Å²) in [5.41, 5.74) is 2.35. The Bertz CT molecular complexity index is 728. The summed E-state index contributed by atoms with van der Waals surface area (Å²) in [5.74, 6) is 0.471. The molecule has 5 nitrogen and oxygen atoms in total. The number of carbonyl (C=O) groups is 2. The van der Waals surface area contributed by atoms with Gasteiger partial charge in [0.2, 0.25) is 5.91 Å². The van der Waals surface area contributed by atoms with E-state index in [-0.39, 0.29) is 24.8 Å². The van der Waals surface area contributed by atoms with Crippen molar-refractivity contribution in [3.8, 4) is 5.75 Å². The summed E-state index contributed by atoms with van der Waals surface area (Å²) < 4.78 is 5.33. The minimum atomic E-state index is -0.180. The number of nitrogens with one attached hydrogen (secondary N) is 1. The Morgan fingerprint density at radius 2 is 2.00 bits per heavy atom. The van der Waals surface area contributed by atoms with Gasteiger partial charge in [-0.1, -0.05) is 24.3 Å². The Labute approximate surface area is 134 Å². The zero-order chi connectivity index (χ0) is 16.2. The number of carbonyl (C=O) groups excluding carboxylic acids is 2. The number of rotatable bonds is 4. The molecular weight excluding hydrogens is 292 g/mol. The Morgan fingerprint density at radius 1 is 1.22 bits per heavy atom. The third-order valence-electron chi connectivity index (χ3n) is 3.72. The van der Waals surface area contributed by atoms with Crippen molar-refractivity contribution in [3.63, 3.8) is 0 Å². The van der Waals surface area contributed by atoms with Crippen molar-refractivity contribution in [1.29, 1.82) is 0 Å². The van der Waals surface area contributed by atoms with Crippen molar-refractivity contribution in [2.75, 3.05) is 23.4 Å². The molecule has 118 valence electrons. The van der Waals surface area contributed by atoms with E-state index in [2.05, 4.69) is 5.32 Å². The van der Waals surface area contributed by atoms with Crippen molar-refractivity contribution in [3.05, 3.63) is 54.1 Å². The molecule has 0 spiro atoms. The van der Waals surface area contributed by atoms with Crippen LogP contribution in [0.5, 0.6) is 5.75 Å².